The summed E-state index contributed by atoms with van der Waals surface area (Å²) in [6, 6.07) is 9.77. The second kappa shape index (κ2) is 12.3. The van der Waals surface area contributed by atoms with Crippen molar-refractivity contribution in [3.8, 4) is 5.69 Å². The number of rotatable bonds is 8. The van der Waals surface area contributed by atoms with Crippen LogP contribution in [0.4, 0.5) is 10.6 Å². The smallest absolute Gasteiger partial charge is 0.338 e. The van der Waals surface area contributed by atoms with Crippen molar-refractivity contribution in [1.29, 1.82) is 0 Å². The van der Waals surface area contributed by atoms with E-state index in [0.717, 1.165) is 19.5 Å². The number of amides is 3. The molecule has 2 heterocycles. The highest BCUT2D eigenvalue weighted by atomic mass is 16.2. The van der Waals surface area contributed by atoms with Crippen molar-refractivity contribution in [2.45, 2.75) is 51.1 Å². The number of nitrogens with zero attached hydrogens (tertiary/aromatic N) is 5. The average Bonchev–Trinajstić information content (AvgIpc) is 3.41. The fraction of sp³-hybridized carbons (Fsp3) is 0.571. The zero-order chi connectivity index (χ0) is 28.2. The van der Waals surface area contributed by atoms with Crippen LogP contribution in [-0.2, 0) is 11.2 Å². The molecule has 3 amide bonds. The zero-order valence-electron chi connectivity index (χ0n) is 23.3. The van der Waals surface area contributed by atoms with Crippen molar-refractivity contribution < 1.29 is 9.59 Å². The number of carbonyl (C=O) groups excluding carboxylic acids is 2. The van der Waals surface area contributed by atoms with Gasteiger partial charge in [-0.2, -0.15) is 4.98 Å². The van der Waals surface area contributed by atoms with Crippen molar-refractivity contribution in [2.24, 2.45) is 17.4 Å². The van der Waals surface area contributed by atoms with Gasteiger partial charge in [0.15, 0.2) is 0 Å². The Bertz CT molecular complexity index is 1200. The first-order valence-electron chi connectivity index (χ1n) is 13.8. The third-order valence-electron chi connectivity index (χ3n) is 7.88. The SMILES string of the molecule is CN(CCc1ccc(-n2ccc(NC(=O)N3CCN(C(=O)C(C)(C)N)CC3)nc2=O)cc1)[C@@H]1CC[C@H](CN)C1. The molecule has 1 aromatic heterocycles. The van der Waals surface area contributed by atoms with Crippen molar-refractivity contribution >= 4 is 17.8 Å². The number of nitrogens with two attached hydrogens (primary N) is 2. The highest BCUT2D eigenvalue weighted by molar-refractivity contribution is 5.89. The van der Waals surface area contributed by atoms with E-state index in [9.17, 15) is 14.4 Å². The van der Waals surface area contributed by atoms with Gasteiger partial charge in [-0.25, -0.2) is 9.59 Å². The van der Waals surface area contributed by atoms with Crippen LogP contribution >= 0.6 is 0 Å². The van der Waals surface area contributed by atoms with E-state index >= 15 is 0 Å². The molecule has 0 bridgehead atoms. The van der Waals surface area contributed by atoms with Gasteiger partial charge in [0.25, 0.3) is 0 Å². The molecule has 2 atom stereocenters. The monoisotopic (exact) mass is 538 g/mol. The van der Waals surface area contributed by atoms with E-state index in [2.05, 4.69) is 22.2 Å². The molecule has 1 saturated carbocycles. The second-order valence-corrected chi connectivity index (χ2v) is 11.4. The summed E-state index contributed by atoms with van der Waals surface area (Å²) < 4.78 is 1.45. The molecule has 39 heavy (non-hydrogen) atoms. The molecule has 11 nitrogen and oxygen atoms in total. The Morgan fingerprint density at radius 3 is 2.33 bits per heavy atom. The molecular formula is C28H42N8O3. The fourth-order valence-corrected chi connectivity index (χ4v) is 5.35. The minimum Gasteiger partial charge on any atom is -0.338 e. The van der Waals surface area contributed by atoms with Gasteiger partial charge in [0.05, 0.1) is 11.2 Å². The largest absolute Gasteiger partial charge is 0.354 e. The minimum absolute atomic E-state index is 0.140. The molecule has 2 aromatic rings. The third-order valence-corrected chi connectivity index (χ3v) is 7.88. The average molecular weight is 539 g/mol. The fourth-order valence-electron chi connectivity index (χ4n) is 5.35. The minimum atomic E-state index is -0.945. The molecule has 2 fully saturated rings. The van der Waals surface area contributed by atoms with Crippen LogP contribution in [0.25, 0.3) is 5.69 Å². The van der Waals surface area contributed by atoms with E-state index in [4.69, 9.17) is 11.5 Å². The first-order valence-corrected chi connectivity index (χ1v) is 13.8. The number of piperazine rings is 1. The molecule has 0 spiro atoms. The van der Waals surface area contributed by atoms with Crippen LogP contribution in [0.2, 0.25) is 0 Å². The molecule has 5 N–H and O–H groups in total. The Labute approximate surface area is 230 Å². The Balaban J connectivity index is 1.28. The number of benzene rings is 1. The van der Waals surface area contributed by atoms with E-state index < -0.39 is 11.2 Å². The van der Waals surface area contributed by atoms with E-state index in [0.29, 0.717) is 43.8 Å². The van der Waals surface area contributed by atoms with Crippen LogP contribution in [0.1, 0.15) is 38.7 Å². The molecule has 212 valence electrons. The lowest BCUT2D eigenvalue weighted by atomic mass is 10.1. The lowest BCUT2D eigenvalue weighted by molar-refractivity contribution is -0.137. The molecule has 1 aliphatic heterocycles. The Morgan fingerprint density at radius 2 is 1.74 bits per heavy atom. The summed E-state index contributed by atoms with van der Waals surface area (Å²) >= 11 is 0. The van der Waals surface area contributed by atoms with Crippen LogP contribution in [0.15, 0.2) is 41.3 Å². The summed E-state index contributed by atoms with van der Waals surface area (Å²) in [5, 5.41) is 2.69. The maximum absolute atomic E-state index is 12.7. The molecule has 1 aromatic carbocycles. The molecule has 0 unspecified atom stereocenters. The standard InChI is InChI=1S/C28H42N8O3/c1-28(2,30)25(37)34-14-16-35(17-15-34)26(38)31-24-11-13-36(27(39)32-24)22-7-4-20(5-8-22)10-12-33(3)23-9-6-21(18-23)19-29/h4-5,7-8,11,13,21,23H,6,9-10,12,14-19,29-30H2,1-3H3,(H,31,32,38,39)/t21-,23+/m0/s1. The van der Waals surface area contributed by atoms with Gasteiger partial charge in [-0.05, 0) is 82.8 Å². The van der Waals surface area contributed by atoms with E-state index in [1.165, 1.54) is 29.4 Å². The second-order valence-electron chi connectivity index (χ2n) is 11.4. The van der Waals surface area contributed by atoms with Gasteiger partial charge in [-0.3, -0.25) is 14.7 Å². The summed E-state index contributed by atoms with van der Waals surface area (Å²) in [5.74, 6) is 0.699. The quantitative estimate of drug-likeness (QED) is 0.459. The maximum Gasteiger partial charge on any atom is 0.354 e. The molecule has 1 saturated heterocycles. The third kappa shape index (κ3) is 7.23. The topological polar surface area (TPSA) is 143 Å². The van der Waals surface area contributed by atoms with Crippen molar-refractivity contribution in [3.05, 3.63) is 52.6 Å². The van der Waals surface area contributed by atoms with Crippen LogP contribution in [-0.4, -0.2) is 94.1 Å². The van der Waals surface area contributed by atoms with Gasteiger partial charge in [0, 0.05) is 45.0 Å². The first kappa shape index (κ1) is 28.7. The highest BCUT2D eigenvalue weighted by Gasteiger charge is 2.31. The number of carbonyl (C=O) groups is 2. The number of anilines is 1. The van der Waals surface area contributed by atoms with Gasteiger partial charge in [0.1, 0.15) is 5.82 Å². The number of nitrogens with one attached hydrogen (secondary N) is 1. The maximum atomic E-state index is 12.7. The summed E-state index contributed by atoms with van der Waals surface area (Å²) in [6.45, 7) is 6.67. The lowest BCUT2D eigenvalue weighted by Crippen LogP contribution is -2.58. The lowest BCUT2D eigenvalue weighted by Gasteiger charge is -2.37. The number of hydrogen-bond acceptors (Lipinski definition) is 7. The predicted molar refractivity (Wildman–Crippen MR) is 152 cm³/mol. The number of aromatic nitrogens is 2. The molecule has 4 rings (SSSR count). The van der Waals surface area contributed by atoms with E-state index in [1.807, 2.05) is 24.3 Å². The normalized spacial score (nSPS) is 19.9. The van der Waals surface area contributed by atoms with Gasteiger partial charge < -0.3 is 26.2 Å². The van der Waals surface area contributed by atoms with Gasteiger partial charge >= 0.3 is 11.7 Å². The molecule has 1 aliphatic carbocycles. The summed E-state index contributed by atoms with van der Waals surface area (Å²) in [4.78, 5) is 47.5. The Hall–Kier alpha value is -3.28. The van der Waals surface area contributed by atoms with Gasteiger partial charge in [-0.1, -0.05) is 12.1 Å². The predicted octanol–water partition coefficient (Wildman–Crippen LogP) is 1.25. The number of hydrogen-bond donors (Lipinski definition) is 3. The zero-order valence-corrected chi connectivity index (χ0v) is 23.3. The number of likely N-dealkylation sites (N-methyl/N-ethyl adjacent to an activating group) is 1. The summed E-state index contributed by atoms with van der Waals surface area (Å²) in [6.07, 6.45) is 6.17. The molecule has 2 aliphatic rings. The van der Waals surface area contributed by atoms with Gasteiger partial charge in [0.2, 0.25) is 5.91 Å². The van der Waals surface area contributed by atoms with Gasteiger partial charge in [-0.15, -0.1) is 0 Å². The first-order chi connectivity index (χ1) is 18.5. The van der Waals surface area contributed by atoms with Crippen molar-refractivity contribution in [3.63, 3.8) is 0 Å². The summed E-state index contributed by atoms with van der Waals surface area (Å²) in [5.41, 5.74) is 12.2. The van der Waals surface area contributed by atoms with E-state index in [1.54, 1.807) is 35.9 Å². The highest BCUT2D eigenvalue weighted by Crippen LogP contribution is 2.28. The van der Waals surface area contributed by atoms with E-state index in [-0.39, 0.29) is 17.8 Å². The van der Waals surface area contributed by atoms with Crippen LogP contribution < -0.4 is 22.5 Å². The molecule has 11 heteroatoms. The Morgan fingerprint density at radius 1 is 1.08 bits per heavy atom. The molecular weight excluding hydrogens is 496 g/mol. The van der Waals surface area contributed by atoms with Crippen molar-refractivity contribution in [1.82, 2.24) is 24.3 Å². The Kier molecular flexibility index (Phi) is 9.04. The summed E-state index contributed by atoms with van der Waals surface area (Å²) in [7, 11) is 2.19. The molecule has 0 radical (unpaired) electrons. The van der Waals surface area contributed by atoms with Crippen LogP contribution in [0.5, 0.6) is 0 Å². The van der Waals surface area contributed by atoms with Crippen LogP contribution in [0, 0.1) is 5.92 Å². The van der Waals surface area contributed by atoms with Crippen molar-refractivity contribution in [2.75, 3.05) is 51.6 Å². The number of urea groups is 1. The van der Waals surface area contributed by atoms with Crippen LogP contribution in [0.3, 0.4) is 0 Å².